The summed E-state index contributed by atoms with van der Waals surface area (Å²) in [6, 6.07) is 5.82. The van der Waals surface area contributed by atoms with Crippen LogP contribution in [0.5, 0.6) is 5.75 Å². The van der Waals surface area contributed by atoms with E-state index in [1.807, 2.05) is 0 Å². The van der Waals surface area contributed by atoms with Gasteiger partial charge in [0.15, 0.2) is 0 Å². The van der Waals surface area contributed by atoms with Crippen LogP contribution in [0, 0.1) is 5.41 Å². The van der Waals surface area contributed by atoms with Crippen molar-refractivity contribution < 1.29 is 19.8 Å². The molecule has 1 aliphatic rings. The Morgan fingerprint density at radius 1 is 1.37 bits per heavy atom. The molecular formula is C14H17NO4. The van der Waals surface area contributed by atoms with Crippen LogP contribution in [-0.4, -0.2) is 28.1 Å². The predicted molar refractivity (Wildman–Crippen MR) is 69.0 cm³/mol. The number of benzene rings is 1. The third-order valence-corrected chi connectivity index (χ3v) is 3.90. The van der Waals surface area contributed by atoms with Crippen molar-refractivity contribution in [2.24, 2.45) is 5.41 Å². The molecule has 0 bridgehead atoms. The lowest BCUT2D eigenvalue weighted by Crippen LogP contribution is -2.47. The highest BCUT2D eigenvalue weighted by Gasteiger charge is 2.46. The van der Waals surface area contributed by atoms with Gasteiger partial charge in [0.25, 0.3) is 5.91 Å². The van der Waals surface area contributed by atoms with E-state index in [4.69, 9.17) is 0 Å². The lowest BCUT2D eigenvalue weighted by Gasteiger charge is -2.27. The Labute approximate surface area is 111 Å². The van der Waals surface area contributed by atoms with Crippen LogP contribution in [0.3, 0.4) is 0 Å². The summed E-state index contributed by atoms with van der Waals surface area (Å²) in [6.45, 7) is 1.65. The van der Waals surface area contributed by atoms with Gasteiger partial charge in [0.1, 0.15) is 5.75 Å². The first-order chi connectivity index (χ1) is 8.95. The number of phenolic OH excluding ortho intramolecular Hbond substituents is 1. The Kier molecular flexibility index (Phi) is 3.46. The topological polar surface area (TPSA) is 86.6 Å². The number of hydrogen-bond acceptors (Lipinski definition) is 3. The molecule has 0 spiro atoms. The van der Waals surface area contributed by atoms with Crippen LogP contribution in [0.2, 0.25) is 0 Å². The number of phenols is 1. The van der Waals surface area contributed by atoms with Crippen LogP contribution in [0.25, 0.3) is 0 Å². The van der Waals surface area contributed by atoms with E-state index in [1.165, 1.54) is 12.1 Å². The minimum atomic E-state index is -0.930. The second kappa shape index (κ2) is 4.91. The molecule has 5 nitrogen and oxygen atoms in total. The van der Waals surface area contributed by atoms with Crippen molar-refractivity contribution in [2.45, 2.75) is 32.2 Å². The number of carboxylic acid groups (broad SMARTS) is 1. The van der Waals surface area contributed by atoms with Gasteiger partial charge in [0, 0.05) is 6.04 Å². The van der Waals surface area contributed by atoms with Crippen molar-refractivity contribution in [2.75, 3.05) is 0 Å². The molecule has 1 aliphatic carbocycles. The molecule has 1 saturated carbocycles. The molecule has 5 heteroatoms. The Hall–Kier alpha value is -2.04. The van der Waals surface area contributed by atoms with E-state index in [1.54, 1.807) is 19.1 Å². The summed E-state index contributed by atoms with van der Waals surface area (Å²) < 4.78 is 0. The molecule has 1 aromatic rings. The van der Waals surface area contributed by atoms with Crippen molar-refractivity contribution in [3.63, 3.8) is 0 Å². The molecule has 3 N–H and O–H groups in total. The summed E-state index contributed by atoms with van der Waals surface area (Å²) in [4.78, 5) is 23.4. The zero-order valence-electron chi connectivity index (χ0n) is 10.7. The first-order valence-corrected chi connectivity index (χ1v) is 6.27. The third-order valence-electron chi connectivity index (χ3n) is 3.90. The Bertz CT molecular complexity index is 514. The van der Waals surface area contributed by atoms with E-state index in [9.17, 15) is 19.8 Å². The van der Waals surface area contributed by atoms with Crippen molar-refractivity contribution in [1.29, 1.82) is 0 Å². The number of amides is 1. The molecular weight excluding hydrogens is 246 g/mol. The summed E-state index contributed by atoms with van der Waals surface area (Å²) in [6.07, 6.45) is 1.96. The number of nitrogens with one attached hydrogen (secondary N) is 1. The zero-order valence-corrected chi connectivity index (χ0v) is 10.7. The molecule has 0 aromatic heterocycles. The van der Waals surface area contributed by atoms with E-state index in [0.717, 1.165) is 6.42 Å². The van der Waals surface area contributed by atoms with E-state index < -0.39 is 23.3 Å². The second-order valence-electron chi connectivity index (χ2n) is 5.16. The number of carboxylic acids is 1. The van der Waals surface area contributed by atoms with Crippen molar-refractivity contribution in [3.8, 4) is 5.75 Å². The SMILES string of the molecule is CC1(C(=O)O)CCCC1NC(=O)c1ccccc1O. The number of carbonyl (C=O) groups excluding carboxylic acids is 1. The zero-order chi connectivity index (χ0) is 14.0. The summed E-state index contributed by atoms with van der Waals surface area (Å²) >= 11 is 0. The molecule has 1 aromatic carbocycles. The normalized spacial score (nSPS) is 26.1. The molecule has 1 amide bonds. The Balaban J connectivity index is 2.16. The van der Waals surface area contributed by atoms with Crippen LogP contribution >= 0.6 is 0 Å². The fourth-order valence-corrected chi connectivity index (χ4v) is 2.56. The largest absolute Gasteiger partial charge is 0.507 e. The summed E-state index contributed by atoms with van der Waals surface area (Å²) in [5.74, 6) is -1.43. The van der Waals surface area contributed by atoms with Crippen LogP contribution < -0.4 is 5.32 Å². The fraction of sp³-hybridized carbons (Fsp3) is 0.429. The molecule has 19 heavy (non-hydrogen) atoms. The summed E-state index contributed by atoms with van der Waals surface area (Å²) in [7, 11) is 0. The molecule has 1 fully saturated rings. The van der Waals surface area contributed by atoms with Gasteiger partial charge in [0.05, 0.1) is 11.0 Å². The number of aliphatic carboxylic acids is 1. The molecule has 102 valence electrons. The van der Waals surface area contributed by atoms with Crippen molar-refractivity contribution in [3.05, 3.63) is 29.8 Å². The maximum absolute atomic E-state index is 12.1. The molecule has 2 rings (SSSR count). The van der Waals surface area contributed by atoms with Gasteiger partial charge in [-0.2, -0.15) is 0 Å². The Morgan fingerprint density at radius 3 is 2.68 bits per heavy atom. The van der Waals surface area contributed by atoms with Crippen LogP contribution in [-0.2, 0) is 4.79 Å². The summed E-state index contributed by atoms with van der Waals surface area (Å²) in [5.41, 5.74) is -0.762. The number of carbonyl (C=O) groups is 2. The highest BCUT2D eigenvalue weighted by atomic mass is 16.4. The molecule has 0 saturated heterocycles. The fourth-order valence-electron chi connectivity index (χ4n) is 2.56. The maximum Gasteiger partial charge on any atom is 0.311 e. The van der Waals surface area contributed by atoms with E-state index >= 15 is 0 Å². The maximum atomic E-state index is 12.1. The lowest BCUT2D eigenvalue weighted by atomic mass is 9.85. The summed E-state index contributed by atoms with van der Waals surface area (Å²) in [5, 5.41) is 21.6. The van der Waals surface area contributed by atoms with Gasteiger partial charge in [-0.1, -0.05) is 18.6 Å². The van der Waals surface area contributed by atoms with Gasteiger partial charge in [-0.25, -0.2) is 0 Å². The number of para-hydroxylation sites is 1. The number of hydrogen-bond donors (Lipinski definition) is 3. The molecule has 0 radical (unpaired) electrons. The number of aromatic hydroxyl groups is 1. The van der Waals surface area contributed by atoms with Gasteiger partial charge < -0.3 is 15.5 Å². The third kappa shape index (κ3) is 2.41. The molecule has 2 atom stereocenters. The average Bonchev–Trinajstić information content (AvgIpc) is 2.73. The standard InChI is InChI=1S/C14H17NO4/c1-14(13(18)19)8-4-7-11(14)15-12(17)9-5-2-3-6-10(9)16/h2-3,5-6,11,16H,4,7-8H2,1H3,(H,15,17)(H,18,19). The molecule has 0 heterocycles. The van der Waals surface area contributed by atoms with Crippen molar-refractivity contribution >= 4 is 11.9 Å². The Morgan fingerprint density at radius 2 is 2.05 bits per heavy atom. The van der Waals surface area contributed by atoms with Gasteiger partial charge in [-0.05, 0) is 31.9 Å². The van der Waals surface area contributed by atoms with Gasteiger partial charge in [-0.15, -0.1) is 0 Å². The van der Waals surface area contributed by atoms with Crippen LogP contribution in [0.15, 0.2) is 24.3 Å². The smallest absolute Gasteiger partial charge is 0.311 e. The van der Waals surface area contributed by atoms with E-state index in [0.29, 0.717) is 12.8 Å². The van der Waals surface area contributed by atoms with Gasteiger partial charge in [0.2, 0.25) is 0 Å². The average molecular weight is 263 g/mol. The van der Waals surface area contributed by atoms with Crippen LogP contribution in [0.1, 0.15) is 36.5 Å². The lowest BCUT2D eigenvalue weighted by molar-refractivity contribution is -0.148. The second-order valence-corrected chi connectivity index (χ2v) is 5.16. The monoisotopic (exact) mass is 263 g/mol. The number of rotatable bonds is 3. The van der Waals surface area contributed by atoms with E-state index in [-0.39, 0.29) is 11.3 Å². The van der Waals surface area contributed by atoms with E-state index in [2.05, 4.69) is 5.32 Å². The van der Waals surface area contributed by atoms with Gasteiger partial charge >= 0.3 is 5.97 Å². The quantitative estimate of drug-likeness (QED) is 0.775. The molecule has 2 unspecified atom stereocenters. The first kappa shape index (κ1) is 13.4. The van der Waals surface area contributed by atoms with Gasteiger partial charge in [-0.3, -0.25) is 9.59 Å². The minimum Gasteiger partial charge on any atom is -0.507 e. The van der Waals surface area contributed by atoms with Crippen molar-refractivity contribution in [1.82, 2.24) is 5.32 Å². The predicted octanol–water partition coefficient (Wildman–Crippen LogP) is 1.77. The molecule has 0 aliphatic heterocycles. The van der Waals surface area contributed by atoms with Crippen LogP contribution in [0.4, 0.5) is 0 Å². The highest BCUT2D eigenvalue weighted by molar-refractivity contribution is 5.97. The highest BCUT2D eigenvalue weighted by Crippen LogP contribution is 2.38. The first-order valence-electron chi connectivity index (χ1n) is 6.27. The minimum absolute atomic E-state index is 0.102.